The van der Waals surface area contributed by atoms with Crippen LogP contribution in [-0.2, 0) is 27.3 Å². The van der Waals surface area contributed by atoms with Gasteiger partial charge >= 0.3 is 0 Å². The van der Waals surface area contributed by atoms with E-state index in [-0.39, 0.29) is 5.91 Å². The third-order valence-corrected chi connectivity index (χ3v) is 8.47. The van der Waals surface area contributed by atoms with Gasteiger partial charge in [0.25, 0.3) is 0 Å². The van der Waals surface area contributed by atoms with Gasteiger partial charge in [-0.25, -0.2) is 0 Å². The number of aryl methyl sites for hydroxylation is 1. The fourth-order valence-electron chi connectivity index (χ4n) is 5.15. The molecule has 5 atom stereocenters. The van der Waals surface area contributed by atoms with Crippen LogP contribution in [0.25, 0.3) is 0 Å². The number of amides is 1. The zero-order valence-electron chi connectivity index (χ0n) is 22.9. The maximum Gasteiger partial charge on any atom is 0.222 e. The molecule has 2 fully saturated rings. The van der Waals surface area contributed by atoms with Crippen LogP contribution in [0.4, 0.5) is 0 Å². The number of likely N-dealkylation sites (tertiary alicyclic amines) is 1. The quantitative estimate of drug-likeness (QED) is 0.294. The standard InChI is InChI=1S/C30H42N2O6S/c1-20-5-10-23(29-27(35)26(34)28(36)30(38-29)39-2)18-24(20)17-21-6-8-22(9-7-21)19-37-16-11-25(33)31-12-15-32-13-3-4-14-32/h5-10,18,26-30,34-36H,3-4,11-17,19H2,1-2H3,(H,31,33)/t26-,27-,28+,29+,30-/m1/s1. The molecule has 1 amide bonds. The highest BCUT2D eigenvalue weighted by Crippen LogP contribution is 2.36. The molecule has 4 N–H and O–H groups in total. The van der Waals surface area contributed by atoms with Gasteiger partial charge in [0.15, 0.2) is 0 Å². The molecule has 2 aromatic carbocycles. The number of aliphatic hydroxyl groups is 3. The first-order valence-corrected chi connectivity index (χ1v) is 15.1. The molecule has 9 heteroatoms. The maximum atomic E-state index is 12.0. The molecule has 0 radical (unpaired) electrons. The summed E-state index contributed by atoms with van der Waals surface area (Å²) in [5.74, 6) is 0.0305. The molecule has 2 aliphatic heterocycles. The molecule has 0 unspecified atom stereocenters. The Kier molecular flexibility index (Phi) is 11.2. The van der Waals surface area contributed by atoms with Crippen LogP contribution < -0.4 is 5.32 Å². The molecule has 39 heavy (non-hydrogen) atoms. The average Bonchev–Trinajstić information content (AvgIpc) is 3.46. The summed E-state index contributed by atoms with van der Waals surface area (Å²) in [5, 5.41) is 34.0. The minimum Gasteiger partial charge on any atom is -0.387 e. The summed E-state index contributed by atoms with van der Waals surface area (Å²) in [7, 11) is 0. The molecular formula is C30H42N2O6S. The van der Waals surface area contributed by atoms with Gasteiger partial charge in [-0.3, -0.25) is 4.79 Å². The number of nitrogens with one attached hydrogen (secondary N) is 1. The summed E-state index contributed by atoms with van der Waals surface area (Å²) in [4.78, 5) is 14.4. The van der Waals surface area contributed by atoms with E-state index in [1.807, 2.05) is 37.3 Å². The first-order chi connectivity index (χ1) is 18.9. The molecule has 0 aliphatic carbocycles. The summed E-state index contributed by atoms with van der Waals surface area (Å²) in [6.07, 6.45) is 1.06. The number of aliphatic hydroxyl groups excluding tert-OH is 3. The number of hydrogen-bond donors (Lipinski definition) is 4. The molecule has 2 saturated heterocycles. The molecule has 4 rings (SSSR count). The molecular weight excluding hydrogens is 516 g/mol. The SMILES string of the molecule is CS[C@H]1O[C@@H](c2ccc(C)c(Cc3ccc(COCCC(=O)NCCN4CCCC4)cc3)c2)[C@H](O)[C@@H](O)[C@@H]1O. The average molecular weight is 559 g/mol. The third-order valence-electron chi connectivity index (χ3n) is 7.61. The van der Waals surface area contributed by atoms with Crippen molar-refractivity contribution in [2.24, 2.45) is 0 Å². The van der Waals surface area contributed by atoms with Gasteiger partial charge in [-0.05, 0) is 73.3 Å². The van der Waals surface area contributed by atoms with E-state index in [0.29, 0.717) is 32.6 Å². The van der Waals surface area contributed by atoms with E-state index in [1.165, 1.54) is 24.6 Å². The zero-order chi connectivity index (χ0) is 27.8. The van der Waals surface area contributed by atoms with Gasteiger partial charge in [-0.1, -0.05) is 42.5 Å². The van der Waals surface area contributed by atoms with Crippen molar-refractivity contribution >= 4 is 17.7 Å². The number of carbonyl (C=O) groups excluding carboxylic acids is 1. The van der Waals surface area contributed by atoms with Gasteiger partial charge in [-0.15, -0.1) is 11.8 Å². The highest BCUT2D eigenvalue weighted by Gasteiger charge is 2.44. The normalized spacial score (nSPS) is 25.6. The summed E-state index contributed by atoms with van der Waals surface area (Å²) in [6.45, 7) is 6.78. The van der Waals surface area contributed by atoms with Gasteiger partial charge in [-0.2, -0.15) is 0 Å². The van der Waals surface area contributed by atoms with Crippen molar-refractivity contribution in [2.45, 2.75) is 69.1 Å². The molecule has 0 spiro atoms. The monoisotopic (exact) mass is 558 g/mol. The molecule has 214 valence electrons. The Morgan fingerprint density at radius 1 is 1.05 bits per heavy atom. The lowest BCUT2D eigenvalue weighted by atomic mass is 9.91. The van der Waals surface area contributed by atoms with E-state index in [9.17, 15) is 20.1 Å². The summed E-state index contributed by atoms with van der Waals surface area (Å²) < 4.78 is 11.7. The minimum absolute atomic E-state index is 0.0305. The fourth-order valence-corrected chi connectivity index (χ4v) is 5.82. The molecule has 0 bridgehead atoms. The Balaban J connectivity index is 1.24. The lowest BCUT2D eigenvalue weighted by molar-refractivity contribution is -0.200. The summed E-state index contributed by atoms with van der Waals surface area (Å²) in [5.41, 5.74) is 4.58. The van der Waals surface area contributed by atoms with Gasteiger partial charge in [0.2, 0.25) is 5.91 Å². The number of ether oxygens (including phenoxy) is 2. The third kappa shape index (κ3) is 8.27. The van der Waals surface area contributed by atoms with Crippen molar-refractivity contribution < 1.29 is 29.6 Å². The zero-order valence-corrected chi connectivity index (χ0v) is 23.7. The van der Waals surface area contributed by atoms with Crippen LogP contribution in [-0.4, -0.2) is 88.9 Å². The molecule has 0 aromatic heterocycles. The Bertz CT molecular complexity index is 1060. The molecule has 2 aromatic rings. The van der Waals surface area contributed by atoms with Gasteiger partial charge in [0, 0.05) is 19.5 Å². The van der Waals surface area contributed by atoms with Crippen LogP contribution in [0.3, 0.4) is 0 Å². The van der Waals surface area contributed by atoms with Crippen LogP contribution >= 0.6 is 11.8 Å². The lowest BCUT2D eigenvalue weighted by Gasteiger charge is -2.40. The van der Waals surface area contributed by atoms with E-state index in [1.54, 1.807) is 6.26 Å². The van der Waals surface area contributed by atoms with Gasteiger partial charge in [0.1, 0.15) is 29.9 Å². The number of carbonyl (C=O) groups is 1. The number of nitrogens with zero attached hydrogens (tertiary/aromatic N) is 1. The lowest BCUT2D eigenvalue weighted by Crippen LogP contribution is -2.52. The van der Waals surface area contributed by atoms with Crippen molar-refractivity contribution in [3.8, 4) is 0 Å². The van der Waals surface area contributed by atoms with Crippen molar-refractivity contribution in [1.82, 2.24) is 10.2 Å². The second-order valence-corrected chi connectivity index (χ2v) is 11.4. The second kappa shape index (κ2) is 14.6. The number of thioether (sulfide) groups is 1. The first kappa shape index (κ1) is 30.0. The van der Waals surface area contributed by atoms with E-state index >= 15 is 0 Å². The highest BCUT2D eigenvalue weighted by atomic mass is 32.2. The minimum atomic E-state index is -1.27. The molecule has 2 heterocycles. The molecule has 8 nitrogen and oxygen atoms in total. The van der Waals surface area contributed by atoms with Crippen molar-refractivity contribution in [1.29, 1.82) is 0 Å². The largest absolute Gasteiger partial charge is 0.387 e. The predicted molar refractivity (Wildman–Crippen MR) is 153 cm³/mol. The van der Waals surface area contributed by atoms with E-state index in [0.717, 1.165) is 47.5 Å². The smallest absolute Gasteiger partial charge is 0.222 e. The van der Waals surface area contributed by atoms with Gasteiger partial charge < -0.3 is 35.0 Å². The highest BCUT2D eigenvalue weighted by molar-refractivity contribution is 7.99. The van der Waals surface area contributed by atoms with Crippen LogP contribution in [0, 0.1) is 6.92 Å². The second-order valence-electron chi connectivity index (χ2n) is 10.5. The van der Waals surface area contributed by atoms with Crippen LogP contribution in [0.2, 0.25) is 0 Å². The van der Waals surface area contributed by atoms with Crippen LogP contribution in [0.5, 0.6) is 0 Å². The Morgan fingerprint density at radius 2 is 1.77 bits per heavy atom. The maximum absolute atomic E-state index is 12.0. The van der Waals surface area contributed by atoms with E-state index in [2.05, 4.69) is 22.3 Å². The van der Waals surface area contributed by atoms with Crippen molar-refractivity contribution in [3.05, 3.63) is 70.3 Å². The van der Waals surface area contributed by atoms with E-state index < -0.39 is 29.9 Å². The van der Waals surface area contributed by atoms with Crippen LogP contribution in [0.1, 0.15) is 53.2 Å². The fraction of sp³-hybridized carbons (Fsp3) is 0.567. The molecule has 0 saturated carbocycles. The van der Waals surface area contributed by atoms with Crippen molar-refractivity contribution in [2.75, 3.05) is 39.0 Å². The number of hydrogen-bond acceptors (Lipinski definition) is 8. The number of benzene rings is 2. The van der Waals surface area contributed by atoms with Crippen molar-refractivity contribution in [3.63, 3.8) is 0 Å². The topological polar surface area (TPSA) is 111 Å². The van der Waals surface area contributed by atoms with E-state index in [4.69, 9.17) is 9.47 Å². The first-order valence-electron chi connectivity index (χ1n) is 13.8. The Hall–Kier alpha value is -1.98. The Labute approximate surface area is 235 Å². The molecule has 2 aliphatic rings. The summed E-state index contributed by atoms with van der Waals surface area (Å²) in [6, 6.07) is 14.1. The Morgan fingerprint density at radius 3 is 2.49 bits per heavy atom. The number of rotatable bonds is 12. The van der Waals surface area contributed by atoms with Gasteiger partial charge in [0.05, 0.1) is 13.2 Å². The summed E-state index contributed by atoms with van der Waals surface area (Å²) >= 11 is 1.31. The van der Waals surface area contributed by atoms with Crippen LogP contribution in [0.15, 0.2) is 42.5 Å². The predicted octanol–water partition coefficient (Wildman–Crippen LogP) is 2.55.